The van der Waals surface area contributed by atoms with E-state index in [1.165, 1.54) is 0 Å². The Hall–Kier alpha value is -1.58. The van der Waals surface area contributed by atoms with Crippen molar-refractivity contribution < 1.29 is 13.9 Å². The van der Waals surface area contributed by atoms with Gasteiger partial charge < -0.3 is 13.9 Å². The number of ether oxygens (including phenoxy) is 2. The van der Waals surface area contributed by atoms with Crippen LogP contribution in [0.5, 0.6) is 0 Å². The van der Waals surface area contributed by atoms with E-state index in [0.717, 1.165) is 11.3 Å². The molecule has 0 amide bonds. The van der Waals surface area contributed by atoms with Gasteiger partial charge in [-0.15, -0.1) is 0 Å². The summed E-state index contributed by atoms with van der Waals surface area (Å²) in [6, 6.07) is 13.7. The number of hydrogen-bond donors (Lipinski definition) is 0. The smallest absolute Gasteiger partial charge is 0.216 e. The minimum atomic E-state index is -0.447. The maximum absolute atomic E-state index is 5.66. The number of methoxy groups -OCH3 is 2. The second-order valence-electron chi connectivity index (χ2n) is 3.37. The average molecular weight is 218 g/mol. The molecule has 0 aliphatic rings. The van der Waals surface area contributed by atoms with Crippen molar-refractivity contribution in [3.05, 3.63) is 48.2 Å². The van der Waals surface area contributed by atoms with Gasteiger partial charge in [0.2, 0.25) is 6.29 Å². The van der Waals surface area contributed by atoms with Gasteiger partial charge in [-0.05, 0) is 12.1 Å². The van der Waals surface area contributed by atoms with Crippen molar-refractivity contribution in [1.82, 2.24) is 0 Å². The lowest BCUT2D eigenvalue weighted by atomic mass is 10.2. The zero-order chi connectivity index (χ0) is 11.4. The first kappa shape index (κ1) is 10.9. The number of benzene rings is 1. The van der Waals surface area contributed by atoms with Gasteiger partial charge >= 0.3 is 0 Å². The van der Waals surface area contributed by atoms with Crippen LogP contribution in [0.15, 0.2) is 46.9 Å². The van der Waals surface area contributed by atoms with Crippen LogP contribution in [0, 0.1) is 0 Å². The second kappa shape index (κ2) is 4.96. The van der Waals surface area contributed by atoms with Gasteiger partial charge in [0, 0.05) is 19.8 Å². The van der Waals surface area contributed by atoms with E-state index in [0.29, 0.717) is 5.76 Å². The summed E-state index contributed by atoms with van der Waals surface area (Å²) < 4.78 is 15.9. The summed E-state index contributed by atoms with van der Waals surface area (Å²) in [6.45, 7) is 0. The molecule has 16 heavy (non-hydrogen) atoms. The van der Waals surface area contributed by atoms with Crippen molar-refractivity contribution in [2.45, 2.75) is 6.29 Å². The molecule has 0 N–H and O–H groups in total. The molecule has 1 heterocycles. The monoisotopic (exact) mass is 218 g/mol. The third-order valence-electron chi connectivity index (χ3n) is 2.35. The highest BCUT2D eigenvalue weighted by Gasteiger charge is 2.14. The lowest BCUT2D eigenvalue weighted by Gasteiger charge is -2.09. The van der Waals surface area contributed by atoms with Crippen molar-refractivity contribution in [3.8, 4) is 11.3 Å². The third-order valence-corrected chi connectivity index (χ3v) is 2.35. The summed E-state index contributed by atoms with van der Waals surface area (Å²) in [5, 5.41) is 0. The fourth-order valence-electron chi connectivity index (χ4n) is 1.57. The van der Waals surface area contributed by atoms with Crippen LogP contribution in [-0.2, 0) is 9.47 Å². The molecule has 2 aromatic rings. The molecule has 1 aromatic carbocycles. The zero-order valence-corrected chi connectivity index (χ0v) is 9.34. The van der Waals surface area contributed by atoms with Gasteiger partial charge in [0.05, 0.1) is 0 Å². The molecule has 0 radical (unpaired) electrons. The van der Waals surface area contributed by atoms with Gasteiger partial charge in [-0.25, -0.2) is 0 Å². The van der Waals surface area contributed by atoms with Crippen LogP contribution >= 0.6 is 0 Å². The van der Waals surface area contributed by atoms with Crippen LogP contribution in [0.2, 0.25) is 0 Å². The molecular weight excluding hydrogens is 204 g/mol. The highest BCUT2D eigenvalue weighted by atomic mass is 16.7. The summed E-state index contributed by atoms with van der Waals surface area (Å²) in [4.78, 5) is 0. The van der Waals surface area contributed by atoms with Crippen molar-refractivity contribution in [3.63, 3.8) is 0 Å². The van der Waals surface area contributed by atoms with Gasteiger partial charge in [0.1, 0.15) is 5.76 Å². The van der Waals surface area contributed by atoms with Gasteiger partial charge in [-0.1, -0.05) is 30.3 Å². The molecule has 2 rings (SSSR count). The predicted molar refractivity (Wildman–Crippen MR) is 60.9 cm³/mol. The van der Waals surface area contributed by atoms with Crippen LogP contribution in [0.1, 0.15) is 12.1 Å². The highest BCUT2D eigenvalue weighted by molar-refractivity contribution is 5.57. The Balaban J connectivity index is 2.26. The third kappa shape index (κ3) is 2.15. The Morgan fingerprint density at radius 1 is 0.938 bits per heavy atom. The first-order valence-electron chi connectivity index (χ1n) is 5.06. The molecular formula is C13H14O3. The Bertz CT molecular complexity index is 429. The summed E-state index contributed by atoms with van der Waals surface area (Å²) in [5.41, 5.74) is 1.04. The molecule has 1 aromatic heterocycles. The average Bonchev–Trinajstić information content (AvgIpc) is 2.81. The molecule has 0 saturated carbocycles. The van der Waals surface area contributed by atoms with Crippen LogP contribution in [0.25, 0.3) is 11.3 Å². The molecule has 0 fully saturated rings. The molecule has 0 aliphatic heterocycles. The van der Waals surface area contributed by atoms with Gasteiger partial charge in [0.15, 0.2) is 5.76 Å². The quantitative estimate of drug-likeness (QED) is 0.738. The summed E-state index contributed by atoms with van der Waals surface area (Å²) in [7, 11) is 3.16. The van der Waals surface area contributed by atoms with Crippen molar-refractivity contribution in [2.75, 3.05) is 14.2 Å². The number of furan rings is 1. The fraction of sp³-hybridized carbons (Fsp3) is 0.231. The standard InChI is InChI=1S/C13H14O3/c1-14-13(15-2)12-9-8-11(16-12)10-6-4-3-5-7-10/h3-9,13H,1-2H3. The van der Waals surface area contributed by atoms with E-state index in [1.54, 1.807) is 14.2 Å². The molecule has 0 spiro atoms. The van der Waals surface area contributed by atoms with Crippen LogP contribution in [-0.4, -0.2) is 14.2 Å². The van der Waals surface area contributed by atoms with Gasteiger partial charge in [0.25, 0.3) is 0 Å². The molecule has 0 saturated heterocycles. The lowest BCUT2D eigenvalue weighted by molar-refractivity contribution is -0.117. The molecule has 0 aliphatic carbocycles. The van der Waals surface area contributed by atoms with E-state index in [4.69, 9.17) is 13.9 Å². The molecule has 0 unspecified atom stereocenters. The Labute approximate surface area is 94.6 Å². The van der Waals surface area contributed by atoms with Crippen molar-refractivity contribution in [1.29, 1.82) is 0 Å². The lowest BCUT2D eigenvalue weighted by Crippen LogP contribution is -2.01. The molecule has 0 bridgehead atoms. The van der Waals surface area contributed by atoms with E-state index < -0.39 is 6.29 Å². The Morgan fingerprint density at radius 2 is 1.62 bits per heavy atom. The normalized spacial score (nSPS) is 10.9. The summed E-state index contributed by atoms with van der Waals surface area (Å²) >= 11 is 0. The fourth-order valence-corrected chi connectivity index (χ4v) is 1.57. The van der Waals surface area contributed by atoms with Gasteiger partial charge in [-0.3, -0.25) is 0 Å². The first-order valence-corrected chi connectivity index (χ1v) is 5.06. The van der Waals surface area contributed by atoms with Crippen LogP contribution in [0.3, 0.4) is 0 Å². The molecule has 84 valence electrons. The van der Waals surface area contributed by atoms with Crippen molar-refractivity contribution >= 4 is 0 Å². The summed E-state index contributed by atoms with van der Waals surface area (Å²) in [5.74, 6) is 1.48. The van der Waals surface area contributed by atoms with E-state index in [2.05, 4.69) is 0 Å². The van der Waals surface area contributed by atoms with Crippen LogP contribution in [0.4, 0.5) is 0 Å². The summed E-state index contributed by atoms with van der Waals surface area (Å²) in [6.07, 6.45) is -0.447. The largest absolute Gasteiger partial charge is 0.456 e. The zero-order valence-electron chi connectivity index (χ0n) is 9.34. The molecule has 0 atom stereocenters. The van der Waals surface area contributed by atoms with Crippen molar-refractivity contribution in [2.24, 2.45) is 0 Å². The van der Waals surface area contributed by atoms with Crippen LogP contribution < -0.4 is 0 Å². The Kier molecular flexibility index (Phi) is 3.39. The number of hydrogen-bond acceptors (Lipinski definition) is 3. The van der Waals surface area contributed by atoms with E-state index in [-0.39, 0.29) is 0 Å². The SMILES string of the molecule is COC(OC)c1ccc(-c2ccccc2)o1. The maximum atomic E-state index is 5.66. The van der Waals surface area contributed by atoms with E-state index in [9.17, 15) is 0 Å². The Morgan fingerprint density at radius 3 is 2.25 bits per heavy atom. The first-order chi connectivity index (χ1) is 7.85. The topological polar surface area (TPSA) is 31.6 Å². The predicted octanol–water partition coefficient (Wildman–Crippen LogP) is 3.24. The van der Waals surface area contributed by atoms with Gasteiger partial charge in [-0.2, -0.15) is 0 Å². The minimum absolute atomic E-state index is 0.447. The maximum Gasteiger partial charge on any atom is 0.216 e. The minimum Gasteiger partial charge on any atom is -0.456 e. The molecule has 3 heteroatoms. The van der Waals surface area contributed by atoms with E-state index in [1.807, 2.05) is 42.5 Å². The molecule has 3 nitrogen and oxygen atoms in total. The highest BCUT2D eigenvalue weighted by Crippen LogP contribution is 2.26. The number of rotatable bonds is 4. The van der Waals surface area contributed by atoms with E-state index >= 15 is 0 Å². The second-order valence-corrected chi connectivity index (χ2v) is 3.37.